The first-order chi connectivity index (χ1) is 12.4. The van der Waals surface area contributed by atoms with Crippen LogP contribution in [0.2, 0.25) is 0 Å². The third-order valence-electron chi connectivity index (χ3n) is 4.14. The standard InChI is InChI=1S/C16H18F3N5O2/c1-26-12-4-2-11(3-5-12)6-7-20-15(25)23-8-9-24-13(10-23)21-22-14(24)16(17,18)19/h2-5H,6-10H2,1H3,(H,20,25). The molecular formula is C16H18F3N5O2. The van der Waals surface area contributed by atoms with Crippen molar-refractivity contribution in [1.82, 2.24) is 25.0 Å². The van der Waals surface area contributed by atoms with Crippen molar-refractivity contribution < 1.29 is 22.7 Å². The Morgan fingerprint density at radius 1 is 1.23 bits per heavy atom. The van der Waals surface area contributed by atoms with Gasteiger partial charge in [0.25, 0.3) is 0 Å². The molecule has 0 saturated heterocycles. The molecule has 0 saturated carbocycles. The van der Waals surface area contributed by atoms with Gasteiger partial charge in [0.05, 0.1) is 13.7 Å². The average Bonchev–Trinajstić information content (AvgIpc) is 3.05. The van der Waals surface area contributed by atoms with Gasteiger partial charge < -0.3 is 19.5 Å². The van der Waals surface area contributed by atoms with Crippen molar-refractivity contribution in [2.24, 2.45) is 0 Å². The Morgan fingerprint density at radius 2 is 1.96 bits per heavy atom. The van der Waals surface area contributed by atoms with E-state index in [4.69, 9.17) is 4.74 Å². The summed E-state index contributed by atoms with van der Waals surface area (Å²) >= 11 is 0. The number of ether oxygens (including phenoxy) is 1. The second-order valence-corrected chi connectivity index (χ2v) is 5.84. The number of rotatable bonds is 4. The van der Waals surface area contributed by atoms with E-state index in [0.717, 1.165) is 15.9 Å². The maximum Gasteiger partial charge on any atom is 0.451 e. The molecule has 7 nitrogen and oxygen atoms in total. The summed E-state index contributed by atoms with van der Waals surface area (Å²) in [5.74, 6) is -0.130. The fourth-order valence-corrected chi connectivity index (χ4v) is 2.76. The first kappa shape index (κ1) is 18.0. The molecule has 2 amide bonds. The minimum Gasteiger partial charge on any atom is -0.497 e. The maximum atomic E-state index is 12.8. The van der Waals surface area contributed by atoms with Crippen molar-refractivity contribution in [3.63, 3.8) is 0 Å². The average molecular weight is 369 g/mol. The predicted octanol–water partition coefficient (Wildman–Crippen LogP) is 2.07. The van der Waals surface area contributed by atoms with Gasteiger partial charge in [-0.15, -0.1) is 10.2 Å². The Hall–Kier alpha value is -2.78. The highest BCUT2D eigenvalue weighted by Gasteiger charge is 2.39. The van der Waals surface area contributed by atoms with Gasteiger partial charge in [-0.25, -0.2) is 4.79 Å². The van der Waals surface area contributed by atoms with E-state index in [2.05, 4.69) is 15.5 Å². The Bertz CT molecular complexity index is 773. The van der Waals surface area contributed by atoms with Gasteiger partial charge in [-0.3, -0.25) is 0 Å². The lowest BCUT2D eigenvalue weighted by molar-refractivity contribution is -0.147. The molecule has 2 aromatic rings. The number of carbonyl (C=O) groups excluding carboxylic acids is 1. The minimum atomic E-state index is -4.55. The molecule has 0 bridgehead atoms. The molecule has 0 radical (unpaired) electrons. The predicted molar refractivity (Wildman–Crippen MR) is 85.5 cm³/mol. The van der Waals surface area contributed by atoms with Crippen molar-refractivity contribution in [3.05, 3.63) is 41.5 Å². The summed E-state index contributed by atoms with van der Waals surface area (Å²) in [6.07, 6.45) is -3.91. The van der Waals surface area contributed by atoms with Crippen molar-refractivity contribution in [1.29, 1.82) is 0 Å². The smallest absolute Gasteiger partial charge is 0.451 e. The number of fused-ring (bicyclic) bond motifs is 1. The zero-order chi connectivity index (χ0) is 18.7. The second kappa shape index (κ2) is 7.22. The van der Waals surface area contributed by atoms with E-state index in [0.29, 0.717) is 13.0 Å². The molecule has 2 heterocycles. The normalized spacial score (nSPS) is 14.1. The van der Waals surface area contributed by atoms with Gasteiger partial charge in [0, 0.05) is 19.6 Å². The van der Waals surface area contributed by atoms with Crippen LogP contribution in [0.15, 0.2) is 24.3 Å². The Morgan fingerprint density at radius 3 is 2.62 bits per heavy atom. The number of alkyl halides is 3. The number of urea groups is 1. The fraction of sp³-hybridized carbons (Fsp3) is 0.438. The van der Waals surface area contributed by atoms with Gasteiger partial charge in [0.1, 0.15) is 5.75 Å². The third kappa shape index (κ3) is 3.89. The summed E-state index contributed by atoms with van der Waals surface area (Å²) in [4.78, 5) is 13.6. The number of benzene rings is 1. The van der Waals surface area contributed by atoms with Crippen molar-refractivity contribution in [3.8, 4) is 5.75 Å². The number of hydrogen-bond acceptors (Lipinski definition) is 4. The Labute approximate surface area is 147 Å². The van der Waals surface area contributed by atoms with Gasteiger partial charge in [-0.1, -0.05) is 12.1 Å². The molecule has 3 rings (SSSR count). The first-order valence-electron chi connectivity index (χ1n) is 8.03. The summed E-state index contributed by atoms with van der Waals surface area (Å²) in [6.45, 7) is 0.602. The number of nitrogens with zero attached hydrogens (tertiary/aromatic N) is 4. The zero-order valence-electron chi connectivity index (χ0n) is 14.1. The lowest BCUT2D eigenvalue weighted by Gasteiger charge is -2.28. The van der Waals surface area contributed by atoms with Crippen LogP contribution in [-0.4, -0.2) is 45.9 Å². The number of aromatic nitrogens is 3. The van der Waals surface area contributed by atoms with Crippen LogP contribution in [0.4, 0.5) is 18.0 Å². The molecular weight excluding hydrogens is 351 g/mol. The molecule has 1 N–H and O–H groups in total. The largest absolute Gasteiger partial charge is 0.497 e. The van der Waals surface area contributed by atoms with Crippen LogP contribution >= 0.6 is 0 Å². The molecule has 1 aliphatic rings. The molecule has 0 unspecified atom stereocenters. The fourth-order valence-electron chi connectivity index (χ4n) is 2.76. The van der Waals surface area contributed by atoms with E-state index in [1.807, 2.05) is 24.3 Å². The highest BCUT2D eigenvalue weighted by atomic mass is 19.4. The van der Waals surface area contributed by atoms with Crippen LogP contribution in [0.3, 0.4) is 0 Å². The second-order valence-electron chi connectivity index (χ2n) is 5.84. The van der Waals surface area contributed by atoms with Crippen LogP contribution in [0, 0.1) is 0 Å². The highest BCUT2D eigenvalue weighted by Crippen LogP contribution is 2.29. The SMILES string of the molecule is COc1ccc(CCNC(=O)N2CCn3c(nnc3C(F)(F)F)C2)cc1. The molecule has 10 heteroatoms. The molecule has 1 aromatic carbocycles. The van der Waals surface area contributed by atoms with Gasteiger partial charge in [-0.2, -0.15) is 13.2 Å². The van der Waals surface area contributed by atoms with E-state index < -0.39 is 12.0 Å². The van der Waals surface area contributed by atoms with Crippen LogP contribution in [0.25, 0.3) is 0 Å². The van der Waals surface area contributed by atoms with Crippen molar-refractivity contribution in [2.45, 2.75) is 25.7 Å². The molecule has 0 spiro atoms. The Kier molecular flexibility index (Phi) is 5.01. The van der Waals surface area contributed by atoms with Crippen LogP contribution < -0.4 is 10.1 Å². The van der Waals surface area contributed by atoms with E-state index >= 15 is 0 Å². The molecule has 140 valence electrons. The van der Waals surface area contributed by atoms with E-state index in [1.165, 1.54) is 4.90 Å². The quantitative estimate of drug-likeness (QED) is 0.896. The molecule has 1 aliphatic heterocycles. The number of hydrogen-bond donors (Lipinski definition) is 1. The minimum absolute atomic E-state index is 0.00253. The van der Waals surface area contributed by atoms with Gasteiger partial charge in [0.2, 0.25) is 5.82 Å². The van der Waals surface area contributed by atoms with E-state index in [-0.39, 0.29) is 31.5 Å². The molecule has 0 fully saturated rings. The monoisotopic (exact) mass is 369 g/mol. The summed E-state index contributed by atoms with van der Waals surface area (Å²) < 4.78 is 44.5. The van der Waals surface area contributed by atoms with Crippen molar-refractivity contribution >= 4 is 6.03 Å². The lowest BCUT2D eigenvalue weighted by Crippen LogP contribution is -2.45. The zero-order valence-corrected chi connectivity index (χ0v) is 14.1. The number of halogens is 3. The Balaban J connectivity index is 1.52. The van der Waals surface area contributed by atoms with Gasteiger partial charge >= 0.3 is 12.2 Å². The van der Waals surface area contributed by atoms with Crippen LogP contribution in [0.5, 0.6) is 5.75 Å². The van der Waals surface area contributed by atoms with E-state index in [1.54, 1.807) is 7.11 Å². The summed E-state index contributed by atoms with van der Waals surface area (Å²) in [7, 11) is 1.59. The van der Waals surface area contributed by atoms with Crippen LogP contribution in [-0.2, 0) is 25.7 Å². The number of nitrogens with one attached hydrogen (secondary N) is 1. The maximum absolute atomic E-state index is 12.8. The molecule has 26 heavy (non-hydrogen) atoms. The molecule has 0 aliphatic carbocycles. The highest BCUT2D eigenvalue weighted by molar-refractivity contribution is 5.74. The van der Waals surface area contributed by atoms with Crippen molar-refractivity contribution in [2.75, 3.05) is 20.2 Å². The molecule has 1 aromatic heterocycles. The third-order valence-corrected chi connectivity index (χ3v) is 4.14. The first-order valence-corrected chi connectivity index (χ1v) is 8.03. The summed E-state index contributed by atoms with van der Waals surface area (Å²) in [5, 5.41) is 9.53. The topological polar surface area (TPSA) is 72.3 Å². The summed E-state index contributed by atoms with van der Waals surface area (Å²) in [5.41, 5.74) is 1.04. The molecule has 0 atom stereocenters. The van der Waals surface area contributed by atoms with E-state index in [9.17, 15) is 18.0 Å². The summed E-state index contributed by atoms with van der Waals surface area (Å²) in [6, 6.07) is 7.17. The number of carbonyl (C=O) groups is 1. The lowest BCUT2D eigenvalue weighted by atomic mass is 10.1. The number of methoxy groups -OCH3 is 1. The number of amides is 2. The van der Waals surface area contributed by atoms with Gasteiger partial charge in [-0.05, 0) is 24.1 Å². The van der Waals surface area contributed by atoms with Crippen LogP contribution in [0.1, 0.15) is 17.2 Å². The van der Waals surface area contributed by atoms with Gasteiger partial charge in [0.15, 0.2) is 5.82 Å².